The van der Waals surface area contributed by atoms with Crippen LogP contribution in [0.3, 0.4) is 0 Å². The molecular formula is C16H14Cl2N2. The van der Waals surface area contributed by atoms with E-state index in [1.165, 1.54) is 11.1 Å². The first-order valence-electron chi connectivity index (χ1n) is 6.39. The van der Waals surface area contributed by atoms with Crippen molar-refractivity contribution in [1.82, 2.24) is 9.55 Å². The summed E-state index contributed by atoms with van der Waals surface area (Å²) in [4.78, 5) is 4.46. The van der Waals surface area contributed by atoms with Crippen LogP contribution in [-0.4, -0.2) is 9.55 Å². The van der Waals surface area contributed by atoms with Crippen LogP contribution in [0.4, 0.5) is 0 Å². The SMILES string of the molecule is Cc1cc2ncn(-c3ccc(CCl)c(Cl)c3)c2cc1C. The van der Waals surface area contributed by atoms with Crippen LogP contribution in [-0.2, 0) is 5.88 Å². The topological polar surface area (TPSA) is 17.8 Å². The molecule has 102 valence electrons. The molecule has 0 N–H and O–H groups in total. The van der Waals surface area contributed by atoms with Gasteiger partial charge in [0.1, 0.15) is 6.33 Å². The molecule has 0 atom stereocenters. The first-order valence-corrected chi connectivity index (χ1v) is 7.30. The zero-order valence-electron chi connectivity index (χ0n) is 11.3. The molecule has 1 heterocycles. The Labute approximate surface area is 128 Å². The molecular weight excluding hydrogens is 291 g/mol. The standard InChI is InChI=1S/C16H14Cl2N2/c1-10-5-15-16(6-11(10)2)20(9-19-15)13-4-3-12(8-17)14(18)7-13/h3-7,9H,8H2,1-2H3. The van der Waals surface area contributed by atoms with Crippen molar-refractivity contribution in [2.45, 2.75) is 19.7 Å². The van der Waals surface area contributed by atoms with E-state index < -0.39 is 0 Å². The molecule has 0 aliphatic carbocycles. The van der Waals surface area contributed by atoms with Crippen LogP contribution in [0.15, 0.2) is 36.7 Å². The number of nitrogens with zero attached hydrogens (tertiary/aromatic N) is 2. The maximum absolute atomic E-state index is 6.24. The lowest BCUT2D eigenvalue weighted by molar-refractivity contribution is 1.09. The monoisotopic (exact) mass is 304 g/mol. The van der Waals surface area contributed by atoms with E-state index in [-0.39, 0.29) is 0 Å². The van der Waals surface area contributed by atoms with Crippen LogP contribution < -0.4 is 0 Å². The zero-order valence-corrected chi connectivity index (χ0v) is 12.8. The number of hydrogen-bond acceptors (Lipinski definition) is 1. The van der Waals surface area contributed by atoms with E-state index in [0.29, 0.717) is 10.9 Å². The van der Waals surface area contributed by atoms with Crippen LogP contribution in [0.25, 0.3) is 16.7 Å². The maximum atomic E-state index is 6.24. The zero-order chi connectivity index (χ0) is 14.3. The molecule has 1 aromatic heterocycles. The van der Waals surface area contributed by atoms with Crippen LogP contribution >= 0.6 is 23.2 Å². The number of hydrogen-bond donors (Lipinski definition) is 0. The molecule has 4 heteroatoms. The van der Waals surface area contributed by atoms with Crippen molar-refractivity contribution in [3.05, 3.63) is 58.4 Å². The van der Waals surface area contributed by atoms with Crippen molar-refractivity contribution in [1.29, 1.82) is 0 Å². The van der Waals surface area contributed by atoms with Crippen molar-refractivity contribution in [2.24, 2.45) is 0 Å². The summed E-state index contributed by atoms with van der Waals surface area (Å²) < 4.78 is 2.05. The number of aryl methyl sites for hydroxylation is 2. The number of alkyl halides is 1. The van der Waals surface area contributed by atoms with Gasteiger partial charge in [0.25, 0.3) is 0 Å². The summed E-state index contributed by atoms with van der Waals surface area (Å²) in [5, 5.41) is 0.684. The molecule has 0 saturated carbocycles. The van der Waals surface area contributed by atoms with Gasteiger partial charge in [0.2, 0.25) is 0 Å². The minimum Gasteiger partial charge on any atom is -0.299 e. The first kappa shape index (κ1) is 13.5. The quantitative estimate of drug-likeness (QED) is 0.607. The Bertz CT molecular complexity index is 791. The summed E-state index contributed by atoms with van der Waals surface area (Å²) in [6.45, 7) is 4.20. The number of halogens is 2. The van der Waals surface area contributed by atoms with Crippen LogP contribution in [0.2, 0.25) is 5.02 Å². The Morgan fingerprint density at radius 2 is 1.85 bits per heavy atom. The fraction of sp³-hybridized carbons (Fsp3) is 0.188. The fourth-order valence-electron chi connectivity index (χ4n) is 2.26. The predicted octanol–water partition coefficient (Wildman–Crippen LogP) is 5.03. The maximum Gasteiger partial charge on any atom is 0.100 e. The highest BCUT2D eigenvalue weighted by Crippen LogP contribution is 2.25. The van der Waals surface area contributed by atoms with Crippen molar-refractivity contribution >= 4 is 34.2 Å². The minimum absolute atomic E-state index is 0.419. The van der Waals surface area contributed by atoms with Crippen LogP contribution in [0.5, 0.6) is 0 Å². The van der Waals surface area contributed by atoms with Gasteiger partial charge >= 0.3 is 0 Å². The molecule has 2 aromatic carbocycles. The van der Waals surface area contributed by atoms with Crippen molar-refractivity contribution in [3.8, 4) is 5.69 Å². The van der Waals surface area contributed by atoms with E-state index in [2.05, 4.69) is 31.0 Å². The van der Waals surface area contributed by atoms with Gasteiger partial charge < -0.3 is 0 Å². The summed E-state index contributed by atoms with van der Waals surface area (Å²) in [7, 11) is 0. The Morgan fingerprint density at radius 1 is 1.10 bits per heavy atom. The molecule has 0 saturated heterocycles. The summed E-state index contributed by atoms with van der Waals surface area (Å²) in [5.74, 6) is 0.419. The van der Waals surface area contributed by atoms with Gasteiger partial charge in [0.15, 0.2) is 0 Å². The Morgan fingerprint density at radius 3 is 2.55 bits per heavy atom. The summed E-state index contributed by atoms with van der Waals surface area (Å²) in [5.41, 5.74) is 6.51. The molecule has 0 unspecified atom stereocenters. The molecule has 3 aromatic rings. The molecule has 0 fully saturated rings. The van der Waals surface area contributed by atoms with Crippen molar-refractivity contribution in [3.63, 3.8) is 0 Å². The number of fused-ring (bicyclic) bond motifs is 1. The molecule has 3 rings (SSSR count). The van der Waals surface area contributed by atoms with Gasteiger partial charge in [-0.15, -0.1) is 11.6 Å². The first-order chi connectivity index (χ1) is 9.60. The molecule has 0 bridgehead atoms. The average Bonchev–Trinajstić information content (AvgIpc) is 2.82. The van der Waals surface area contributed by atoms with E-state index in [0.717, 1.165) is 22.3 Å². The van der Waals surface area contributed by atoms with Crippen LogP contribution in [0.1, 0.15) is 16.7 Å². The molecule has 0 radical (unpaired) electrons. The Balaban J connectivity index is 2.19. The lowest BCUT2D eigenvalue weighted by Gasteiger charge is -2.08. The normalized spacial score (nSPS) is 11.2. The summed E-state index contributed by atoms with van der Waals surface area (Å²) in [6, 6.07) is 10.2. The highest BCUT2D eigenvalue weighted by Gasteiger charge is 2.08. The highest BCUT2D eigenvalue weighted by atomic mass is 35.5. The molecule has 2 nitrogen and oxygen atoms in total. The van der Waals surface area contributed by atoms with E-state index in [1.54, 1.807) is 0 Å². The third-order valence-electron chi connectivity index (χ3n) is 3.62. The van der Waals surface area contributed by atoms with Crippen molar-refractivity contribution in [2.75, 3.05) is 0 Å². The number of imidazole rings is 1. The lowest BCUT2D eigenvalue weighted by atomic mass is 10.1. The van der Waals surface area contributed by atoms with Gasteiger partial charge in [0, 0.05) is 16.6 Å². The van der Waals surface area contributed by atoms with Gasteiger partial charge in [-0.05, 0) is 54.8 Å². The van der Waals surface area contributed by atoms with E-state index in [1.807, 2.05) is 29.1 Å². The Kier molecular flexibility index (Phi) is 3.45. The minimum atomic E-state index is 0.419. The fourth-order valence-corrected chi connectivity index (χ4v) is 2.81. The van der Waals surface area contributed by atoms with E-state index >= 15 is 0 Å². The summed E-state index contributed by atoms with van der Waals surface area (Å²) >= 11 is 12.1. The third-order valence-corrected chi connectivity index (χ3v) is 4.26. The average molecular weight is 305 g/mol. The second-order valence-electron chi connectivity index (χ2n) is 4.95. The summed E-state index contributed by atoms with van der Waals surface area (Å²) in [6.07, 6.45) is 1.83. The number of rotatable bonds is 2. The van der Waals surface area contributed by atoms with E-state index in [9.17, 15) is 0 Å². The van der Waals surface area contributed by atoms with Gasteiger partial charge in [0.05, 0.1) is 11.0 Å². The van der Waals surface area contributed by atoms with Crippen molar-refractivity contribution < 1.29 is 0 Å². The second-order valence-corrected chi connectivity index (χ2v) is 5.62. The molecule has 20 heavy (non-hydrogen) atoms. The third kappa shape index (κ3) is 2.19. The van der Waals surface area contributed by atoms with Gasteiger partial charge in [-0.25, -0.2) is 4.98 Å². The van der Waals surface area contributed by atoms with E-state index in [4.69, 9.17) is 23.2 Å². The molecule has 0 spiro atoms. The largest absolute Gasteiger partial charge is 0.299 e. The number of aromatic nitrogens is 2. The molecule has 0 aliphatic rings. The van der Waals surface area contributed by atoms with Gasteiger partial charge in [-0.1, -0.05) is 17.7 Å². The highest BCUT2D eigenvalue weighted by molar-refractivity contribution is 6.32. The predicted molar refractivity (Wildman–Crippen MR) is 85.1 cm³/mol. The van der Waals surface area contributed by atoms with Gasteiger partial charge in [-0.2, -0.15) is 0 Å². The van der Waals surface area contributed by atoms with Gasteiger partial charge in [-0.3, -0.25) is 4.57 Å². The lowest BCUT2D eigenvalue weighted by Crippen LogP contribution is -1.94. The molecule has 0 amide bonds. The number of benzene rings is 2. The smallest absolute Gasteiger partial charge is 0.100 e. The molecule has 0 aliphatic heterocycles. The Hall–Kier alpha value is -1.51. The van der Waals surface area contributed by atoms with Crippen LogP contribution in [0, 0.1) is 13.8 Å². The second kappa shape index (κ2) is 5.12.